The van der Waals surface area contributed by atoms with E-state index in [0.29, 0.717) is 12.2 Å². The van der Waals surface area contributed by atoms with Gasteiger partial charge in [-0.3, -0.25) is 4.79 Å². The standard InChI is InChI=1S/C25H23N3O2/c1-2-17-30-24-14-13-19-9-3-4-10-20(19)22(24)18-26-27-25(29)21-11-5-6-12-23(21)28-15-7-8-16-28/h3-16,18H,2,17H2,1H3,(H,27,29)/b26-18-. The molecule has 4 rings (SSSR count). The molecule has 0 spiro atoms. The third-order valence-corrected chi connectivity index (χ3v) is 4.78. The van der Waals surface area contributed by atoms with Crippen LogP contribution in [-0.2, 0) is 0 Å². The van der Waals surface area contributed by atoms with Crippen LogP contribution in [0.4, 0.5) is 0 Å². The number of hydrogen-bond donors (Lipinski definition) is 1. The SMILES string of the molecule is CCCOc1ccc2ccccc2c1/C=N\NC(=O)c1ccccc1-n1cccc1. The van der Waals surface area contributed by atoms with Crippen molar-refractivity contribution in [2.24, 2.45) is 5.10 Å². The van der Waals surface area contributed by atoms with Crippen LogP contribution in [0, 0.1) is 0 Å². The average molecular weight is 397 g/mol. The van der Waals surface area contributed by atoms with E-state index in [0.717, 1.165) is 34.2 Å². The molecule has 1 heterocycles. The molecule has 1 N–H and O–H groups in total. The van der Waals surface area contributed by atoms with Crippen molar-refractivity contribution in [3.05, 3.63) is 96.3 Å². The van der Waals surface area contributed by atoms with E-state index in [1.54, 1.807) is 12.3 Å². The third-order valence-electron chi connectivity index (χ3n) is 4.78. The second-order valence-electron chi connectivity index (χ2n) is 6.85. The largest absolute Gasteiger partial charge is 0.493 e. The van der Waals surface area contributed by atoms with Crippen molar-refractivity contribution in [3.8, 4) is 11.4 Å². The maximum Gasteiger partial charge on any atom is 0.273 e. The van der Waals surface area contributed by atoms with Crippen molar-refractivity contribution in [3.63, 3.8) is 0 Å². The summed E-state index contributed by atoms with van der Waals surface area (Å²) in [5.74, 6) is 0.480. The second kappa shape index (κ2) is 9.09. The summed E-state index contributed by atoms with van der Waals surface area (Å²) in [4.78, 5) is 12.8. The predicted octanol–water partition coefficient (Wildman–Crippen LogP) is 5.18. The van der Waals surface area contributed by atoms with Crippen molar-refractivity contribution in [1.29, 1.82) is 0 Å². The summed E-state index contributed by atoms with van der Waals surface area (Å²) in [7, 11) is 0. The number of amides is 1. The molecule has 0 bridgehead atoms. The Morgan fingerprint density at radius 2 is 1.77 bits per heavy atom. The molecule has 1 amide bonds. The maximum absolute atomic E-state index is 12.8. The summed E-state index contributed by atoms with van der Waals surface area (Å²) in [5, 5.41) is 6.36. The molecule has 0 unspecified atom stereocenters. The molecular formula is C25H23N3O2. The summed E-state index contributed by atoms with van der Waals surface area (Å²) in [6.45, 7) is 2.69. The van der Waals surface area contributed by atoms with Gasteiger partial charge in [-0.15, -0.1) is 0 Å². The van der Waals surface area contributed by atoms with Crippen molar-refractivity contribution < 1.29 is 9.53 Å². The number of nitrogens with one attached hydrogen (secondary N) is 1. The summed E-state index contributed by atoms with van der Waals surface area (Å²) >= 11 is 0. The van der Waals surface area contributed by atoms with E-state index in [4.69, 9.17) is 4.74 Å². The minimum Gasteiger partial charge on any atom is -0.493 e. The number of hydrogen-bond acceptors (Lipinski definition) is 3. The van der Waals surface area contributed by atoms with Gasteiger partial charge in [0, 0.05) is 18.0 Å². The predicted molar refractivity (Wildman–Crippen MR) is 121 cm³/mol. The molecule has 0 aliphatic carbocycles. The van der Waals surface area contributed by atoms with Crippen molar-refractivity contribution >= 4 is 22.9 Å². The smallest absolute Gasteiger partial charge is 0.273 e. The van der Waals surface area contributed by atoms with Gasteiger partial charge in [-0.1, -0.05) is 49.4 Å². The molecule has 0 saturated heterocycles. The number of ether oxygens (including phenoxy) is 1. The van der Waals surface area contributed by atoms with Gasteiger partial charge < -0.3 is 9.30 Å². The normalized spacial score (nSPS) is 11.1. The van der Waals surface area contributed by atoms with Crippen molar-refractivity contribution in [2.75, 3.05) is 6.61 Å². The van der Waals surface area contributed by atoms with Crippen LogP contribution in [-0.4, -0.2) is 23.3 Å². The minimum atomic E-state index is -0.271. The Morgan fingerprint density at radius 3 is 2.60 bits per heavy atom. The molecule has 1 aromatic heterocycles. The summed E-state index contributed by atoms with van der Waals surface area (Å²) in [6, 6.07) is 23.3. The molecule has 5 heteroatoms. The Labute approximate surface area is 175 Å². The molecule has 150 valence electrons. The Bertz CT molecular complexity index is 1180. The zero-order chi connectivity index (χ0) is 20.8. The van der Waals surface area contributed by atoms with E-state index in [1.165, 1.54) is 0 Å². The van der Waals surface area contributed by atoms with Crippen molar-refractivity contribution in [1.82, 2.24) is 9.99 Å². The monoisotopic (exact) mass is 397 g/mol. The maximum atomic E-state index is 12.8. The number of aromatic nitrogens is 1. The molecule has 0 radical (unpaired) electrons. The molecule has 0 saturated carbocycles. The van der Waals surface area contributed by atoms with Gasteiger partial charge in [0.05, 0.1) is 24.1 Å². The Kier molecular flexibility index (Phi) is 5.90. The first-order chi connectivity index (χ1) is 14.8. The van der Waals surface area contributed by atoms with Crippen LogP contribution in [0.1, 0.15) is 29.3 Å². The van der Waals surface area contributed by atoms with Crippen LogP contribution in [0.3, 0.4) is 0 Å². The molecule has 5 nitrogen and oxygen atoms in total. The first-order valence-electron chi connectivity index (χ1n) is 9.98. The zero-order valence-electron chi connectivity index (χ0n) is 16.8. The fraction of sp³-hybridized carbons (Fsp3) is 0.120. The van der Waals surface area contributed by atoms with Gasteiger partial charge in [0.15, 0.2) is 0 Å². The van der Waals surface area contributed by atoms with Gasteiger partial charge in [-0.25, -0.2) is 5.43 Å². The molecule has 4 aromatic rings. The lowest BCUT2D eigenvalue weighted by molar-refractivity contribution is 0.0955. The highest BCUT2D eigenvalue weighted by Crippen LogP contribution is 2.27. The Balaban J connectivity index is 1.61. The topological polar surface area (TPSA) is 55.6 Å². The van der Waals surface area contributed by atoms with E-state index in [-0.39, 0.29) is 5.91 Å². The highest BCUT2D eigenvalue weighted by atomic mass is 16.5. The fourth-order valence-corrected chi connectivity index (χ4v) is 3.35. The highest BCUT2D eigenvalue weighted by Gasteiger charge is 2.12. The lowest BCUT2D eigenvalue weighted by atomic mass is 10.0. The van der Waals surface area contributed by atoms with Gasteiger partial charge in [-0.05, 0) is 47.5 Å². The third kappa shape index (κ3) is 4.10. The summed E-state index contributed by atoms with van der Waals surface area (Å²) in [5.41, 5.74) is 4.85. The van der Waals surface area contributed by atoms with E-state index in [9.17, 15) is 4.79 Å². The Morgan fingerprint density at radius 1 is 1.00 bits per heavy atom. The van der Waals surface area contributed by atoms with Gasteiger partial charge in [-0.2, -0.15) is 5.10 Å². The first-order valence-corrected chi connectivity index (χ1v) is 9.98. The van der Waals surface area contributed by atoms with Crippen LogP contribution in [0.25, 0.3) is 16.5 Å². The summed E-state index contributed by atoms with van der Waals surface area (Å²) < 4.78 is 7.80. The lowest BCUT2D eigenvalue weighted by Crippen LogP contribution is -2.19. The van der Waals surface area contributed by atoms with Gasteiger partial charge in [0.1, 0.15) is 5.75 Å². The number of benzene rings is 3. The molecule has 0 aliphatic heterocycles. The highest BCUT2D eigenvalue weighted by molar-refractivity contribution is 6.03. The van der Waals surface area contributed by atoms with Gasteiger partial charge >= 0.3 is 0 Å². The molecule has 30 heavy (non-hydrogen) atoms. The second-order valence-corrected chi connectivity index (χ2v) is 6.85. The lowest BCUT2D eigenvalue weighted by Gasteiger charge is -2.11. The minimum absolute atomic E-state index is 0.271. The number of fused-ring (bicyclic) bond motifs is 1. The Hall–Kier alpha value is -3.86. The van der Waals surface area contributed by atoms with E-state index in [2.05, 4.69) is 17.5 Å². The first kappa shape index (κ1) is 19.5. The van der Waals surface area contributed by atoms with Crippen LogP contribution >= 0.6 is 0 Å². The molecule has 3 aromatic carbocycles. The quantitative estimate of drug-likeness (QED) is 0.345. The van der Waals surface area contributed by atoms with Crippen LogP contribution in [0.2, 0.25) is 0 Å². The van der Waals surface area contributed by atoms with Crippen molar-refractivity contribution in [2.45, 2.75) is 13.3 Å². The van der Waals surface area contributed by atoms with E-state index in [1.807, 2.05) is 83.7 Å². The number of para-hydroxylation sites is 1. The van der Waals surface area contributed by atoms with Gasteiger partial charge in [0.25, 0.3) is 5.91 Å². The average Bonchev–Trinajstić information content (AvgIpc) is 3.33. The number of rotatable bonds is 7. The van der Waals surface area contributed by atoms with Crippen LogP contribution in [0.5, 0.6) is 5.75 Å². The zero-order valence-corrected chi connectivity index (χ0v) is 16.8. The van der Waals surface area contributed by atoms with Gasteiger partial charge in [0.2, 0.25) is 0 Å². The molecule has 0 fully saturated rings. The number of carbonyl (C=O) groups excluding carboxylic acids is 1. The van der Waals surface area contributed by atoms with Crippen LogP contribution < -0.4 is 10.2 Å². The summed E-state index contributed by atoms with van der Waals surface area (Å²) in [6.07, 6.45) is 6.38. The number of hydrazone groups is 1. The molecule has 0 atom stereocenters. The fourth-order valence-electron chi connectivity index (χ4n) is 3.35. The van der Waals surface area contributed by atoms with E-state index < -0.39 is 0 Å². The molecular weight excluding hydrogens is 374 g/mol. The van der Waals surface area contributed by atoms with Crippen LogP contribution in [0.15, 0.2) is 90.3 Å². The number of carbonyl (C=O) groups is 1. The van der Waals surface area contributed by atoms with E-state index >= 15 is 0 Å². The molecule has 0 aliphatic rings. The number of nitrogens with zero attached hydrogens (tertiary/aromatic N) is 2.